The fourth-order valence-corrected chi connectivity index (χ4v) is 7.02. The number of rotatable bonds is 1. The molecule has 2 aliphatic heterocycles. The van der Waals surface area contributed by atoms with Gasteiger partial charge in [0, 0.05) is 10.5 Å². The molecule has 0 amide bonds. The van der Waals surface area contributed by atoms with E-state index in [9.17, 15) is 10.5 Å². The van der Waals surface area contributed by atoms with Crippen LogP contribution in [0.2, 0.25) is 0 Å². The van der Waals surface area contributed by atoms with E-state index in [4.69, 9.17) is 0 Å². The Morgan fingerprint density at radius 2 is 1.42 bits per heavy atom. The lowest BCUT2D eigenvalue weighted by Gasteiger charge is -2.40. The van der Waals surface area contributed by atoms with Crippen molar-refractivity contribution in [3.63, 3.8) is 0 Å². The monoisotopic (exact) mass is 465 g/mol. The lowest BCUT2D eigenvalue weighted by molar-refractivity contribution is 0.221. The van der Waals surface area contributed by atoms with Gasteiger partial charge in [-0.05, 0) is 59.3 Å². The summed E-state index contributed by atoms with van der Waals surface area (Å²) in [6, 6.07) is 30.1. The third-order valence-electron chi connectivity index (χ3n) is 7.69. The molecule has 0 saturated carbocycles. The van der Waals surface area contributed by atoms with E-state index in [0.717, 1.165) is 51.7 Å². The van der Waals surface area contributed by atoms with E-state index >= 15 is 0 Å². The largest absolute Gasteiger partial charge is 0.289 e. The van der Waals surface area contributed by atoms with Crippen molar-refractivity contribution in [1.29, 1.82) is 10.5 Å². The topological polar surface area (TPSA) is 50.8 Å². The highest BCUT2D eigenvalue weighted by Gasteiger charge is 2.74. The highest BCUT2D eigenvalue weighted by molar-refractivity contribution is 9.10. The first-order valence-electron chi connectivity index (χ1n) is 10.7. The Labute approximate surface area is 190 Å². The summed E-state index contributed by atoms with van der Waals surface area (Å²) >= 11 is 3.53. The van der Waals surface area contributed by atoms with Gasteiger partial charge in [0.1, 0.15) is 0 Å². The van der Waals surface area contributed by atoms with E-state index < -0.39 is 10.8 Å². The van der Waals surface area contributed by atoms with Crippen LogP contribution < -0.4 is 0 Å². The second-order valence-electron chi connectivity index (χ2n) is 8.78. The molecule has 3 aromatic carbocycles. The minimum absolute atomic E-state index is 0.116. The number of hydrogen-bond acceptors (Lipinski definition) is 3. The summed E-state index contributed by atoms with van der Waals surface area (Å²) < 4.78 is 0.998. The van der Waals surface area contributed by atoms with Crippen LogP contribution in [-0.4, -0.2) is 17.5 Å². The first kappa shape index (κ1) is 18.8. The fourth-order valence-electron chi connectivity index (χ4n) is 6.75. The minimum atomic E-state index is -1.23. The predicted molar refractivity (Wildman–Crippen MR) is 123 cm³/mol. The second-order valence-corrected chi connectivity index (χ2v) is 9.70. The summed E-state index contributed by atoms with van der Waals surface area (Å²) in [6.45, 7) is 0.905. The van der Waals surface area contributed by atoms with Gasteiger partial charge in [-0.3, -0.25) is 4.90 Å². The maximum Gasteiger partial charge on any atom is 0.178 e. The van der Waals surface area contributed by atoms with Gasteiger partial charge in [0.15, 0.2) is 5.41 Å². The van der Waals surface area contributed by atoms with Gasteiger partial charge in [-0.15, -0.1) is 0 Å². The van der Waals surface area contributed by atoms with Crippen molar-refractivity contribution in [2.24, 2.45) is 5.41 Å². The summed E-state index contributed by atoms with van der Waals surface area (Å²) in [5.74, 6) is 0. The van der Waals surface area contributed by atoms with Gasteiger partial charge in [0.2, 0.25) is 0 Å². The highest BCUT2D eigenvalue weighted by Crippen LogP contribution is 2.70. The maximum atomic E-state index is 10.8. The fraction of sp³-hybridized carbons (Fsp3) is 0.259. The van der Waals surface area contributed by atoms with Crippen LogP contribution in [-0.2, 0) is 5.41 Å². The van der Waals surface area contributed by atoms with Gasteiger partial charge in [0.25, 0.3) is 0 Å². The Balaban J connectivity index is 1.74. The van der Waals surface area contributed by atoms with Crippen LogP contribution in [0.3, 0.4) is 0 Å². The Kier molecular flexibility index (Phi) is 3.97. The smallest absolute Gasteiger partial charge is 0.178 e. The Hall–Kier alpha value is -2.92. The molecule has 3 aliphatic rings. The predicted octanol–water partition coefficient (Wildman–Crippen LogP) is 5.97. The van der Waals surface area contributed by atoms with Crippen molar-refractivity contribution < 1.29 is 0 Å². The molecule has 0 bridgehead atoms. The Bertz CT molecular complexity index is 1220. The molecule has 0 aromatic heterocycles. The lowest BCUT2D eigenvalue weighted by atomic mass is 9.55. The molecule has 0 unspecified atom stereocenters. The molecule has 0 radical (unpaired) electrons. The third-order valence-corrected chi connectivity index (χ3v) is 8.22. The molecule has 2 fully saturated rings. The standard InChI is InChI=1S/C27H20BrN3/c28-19-13-11-18(12-14-19)25-26(16-29,17-30)27(24-10-5-15-31(24)25)22-8-3-1-6-20(22)21-7-2-4-9-23(21)27/h1-4,6-9,11-14,24-25H,5,10,15H2/t24-,25-/m1/s1. The van der Waals surface area contributed by atoms with E-state index in [0.29, 0.717) is 0 Å². The average Bonchev–Trinajstić information content (AvgIpc) is 3.46. The normalized spacial score (nSPS) is 24.2. The van der Waals surface area contributed by atoms with Crippen molar-refractivity contribution in [3.05, 3.63) is 94.0 Å². The molecule has 6 rings (SSSR count). The van der Waals surface area contributed by atoms with E-state index in [-0.39, 0.29) is 12.1 Å². The van der Waals surface area contributed by atoms with Crippen LogP contribution in [0.1, 0.15) is 35.6 Å². The SMILES string of the molecule is N#CC1(C#N)[C@@H](c2ccc(Br)cc2)N2CCC[C@@H]2C12c1ccccc1-c1ccccc12. The van der Waals surface area contributed by atoms with E-state index in [1.807, 2.05) is 12.1 Å². The van der Waals surface area contributed by atoms with Gasteiger partial charge in [-0.1, -0.05) is 76.6 Å². The van der Waals surface area contributed by atoms with Crippen LogP contribution in [0.5, 0.6) is 0 Å². The summed E-state index contributed by atoms with van der Waals surface area (Å²) in [6.07, 6.45) is 2.07. The molecule has 3 aromatic rings. The Morgan fingerprint density at radius 1 is 0.839 bits per heavy atom. The summed E-state index contributed by atoms with van der Waals surface area (Å²) in [5.41, 5.74) is 3.74. The number of hydrogen-bond donors (Lipinski definition) is 0. The average molecular weight is 466 g/mol. The van der Waals surface area contributed by atoms with Gasteiger partial charge in [-0.25, -0.2) is 0 Å². The molecular weight excluding hydrogens is 446 g/mol. The molecular formula is C27H20BrN3. The zero-order valence-corrected chi connectivity index (χ0v) is 18.5. The molecule has 2 saturated heterocycles. The second kappa shape index (κ2) is 6.54. The van der Waals surface area contributed by atoms with Crippen LogP contribution in [0, 0.1) is 28.1 Å². The van der Waals surface area contributed by atoms with E-state index in [1.165, 1.54) is 0 Å². The first-order valence-corrected chi connectivity index (χ1v) is 11.5. The lowest BCUT2D eigenvalue weighted by Crippen LogP contribution is -2.47. The maximum absolute atomic E-state index is 10.8. The highest BCUT2D eigenvalue weighted by atomic mass is 79.9. The molecule has 3 nitrogen and oxygen atoms in total. The van der Waals surface area contributed by atoms with E-state index in [1.54, 1.807) is 0 Å². The number of nitrogens with zero attached hydrogens (tertiary/aromatic N) is 3. The zero-order chi connectivity index (χ0) is 21.2. The molecule has 2 heterocycles. The quantitative estimate of drug-likeness (QED) is 0.444. The summed E-state index contributed by atoms with van der Waals surface area (Å²) in [7, 11) is 0. The minimum Gasteiger partial charge on any atom is -0.289 e. The summed E-state index contributed by atoms with van der Waals surface area (Å²) in [5, 5.41) is 21.7. The van der Waals surface area contributed by atoms with Crippen molar-refractivity contribution in [3.8, 4) is 23.3 Å². The molecule has 0 N–H and O–H groups in total. The molecule has 2 atom stereocenters. The van der Waals surface area contributed by atoms with Crippen LogP contribution in [0.25, 0.3) is 11.1 Å². The molecule has 1 spiro atoms. The third kappa shape index (κ3) is 2.10. The molecule has 150 valence electrons. The number of benzene rings is 3. The van der Waals surface area contributed by atoms with Gasteiger partial charge < -0.3 is 0 Å². The zero-order valence-electron chi connectivity index (χ0n) is 16.9. The van der Waals surface area contributed by atoms with Gasteiger partial charge in [-0.2, -0.15) is 10.5 Å². The summed E-state index contributed by atoms with van der Waals surface area (Å²) in [4.78, 5) is 2.45. The van der Waals surface area contributed by atoms with E-state index in [2.05, 4.69) is 93.6 Å². The van der Waals surface area contributed by atoms with Crippen molar-refractivity contribution in [2.75, 3.05) is 6.54 Å². The van der Waals surface area contributed by atoms with Gasteiger partial charge >= 0.3 is 0 Å². The van der Waals surface area contributed by atoms with Crippen LogP contribution in [0.4, 0.5) is 0 Å². The van der Waals surface area contributed by atoms with Crippen molar-refractivity contribution in [2.45, 2.75) is 30.3 Å². The van der Waals surface area contributed by atoms with Gasteiger partial charge in [0.05, 0.1) is 23.6 Å². The molecule has 31 heavy (non-hydrogen) atoms. The van der Waals surface area contributed by atoms with Crippen LogP contribution in [0.15, 0.2) is 77.3 Å². The molecule has 1 aliphatic carbocycles. The molecule has 4 heteroatoms. The number of halogens is 1. The van der Waals surface area contributed by atoms with Crippen molar-refractivity contribution >= 4 is 15.9 Å². The van der Waals surface area contributed by atoms with Crippen molar-refractivity contribution in [1.82, 2.24) is 4.90 Å². The Morgan fingerprint density at radius 3 is 2.00 bits per heavy atom. The number of fused-ring (bicyclic) bond motifs is 7. The first-order chi connectivity index (χ1) is 15.2. The van der Waals surface area contributed by atoms with Crippen LogP contribution >= 0.6 is 15.9 Å². The number of nitriles is 2.